The van der Waals surface area contributed by atoms with Crippen LogP contribution >= 0.6 is 0 Å². The maximum Gasteiger partial charge on any atom is 0.407 e. The lowest BCUT2D eigenvalue weighted by atomic mass is 10.2. The molecule has 1 amide bonds. The van der Waals surface area contributed by atoms with Crippen molar-refractivity contribution in [1.29, 1.82) is 0 Å². The number of carbonyl (C=O) groups is 1. The minimum atomic E-state index is -0.478. The van der Waals surface area contributed by atoms with Gasteiger partial charge in [-0.05, 0) is 27.7 Å². The van der Waals surface area contributed by atoms with E-state index in [9.17, 15) is 4.79 Å². The van der Waals surface area contributed by atoms with Crippen LogP contribution in [0.5, 0.6) is 0 Å². The molecule has 0 fully saturated rings. The third kappa shape index (κ3) is 9.21. The molecule has 0 spiro atoms. The van der Waals surface area contributed by atoms with E-state index in [0.717, 1.165) is 0 Å². The smallest absolute Gasteiger partial charge is 0.407 e. The van der Waals surface area contributed by atoms with Crippen LogP contribution in [0.15, 0.2) is 0 Å². The zero-order valence-corrected chi connectivity index (χ0v) is 12.2. The topological polar surface area (TPSA) is 68.8 Å². The molecule has 0 bridgehead atoms. The minimum Gasteiger partial charge on any atom is -0.444 e. The van der Waals surface area contributed by atoms with Crippen LogP contribution in [0.2, 0.25) is 0 Å². The normalized spacial score (nSPS) is 13.5. The fourth-order valence-corrected chi connectivity index (χ4v) is 1.24. The zero-order valence-electron chi connectivity index (χ0n) is 12.2. The van der Waals surface area contributed by atoms with E-state index in [2.05, 4.69) is 10.6 Å². The molecule has 18 heavy (non-hydrogen) atoms. The molecule has 0 aliphatic heterocycles. The van der Waals surface area contributed by atoms with Gasteiger partial charge >= 0.3 is 6.09 Å². The van der Waals surface area contributed by atoms with Gasteiger partial charge in [-0.2, -0.15) is 0 Å². The molecule has 6 nitrogen and oxygen atoms in total. The summed E-state index contributed by atoms with van der Waals surface area (Å²) in [6.45, 7) is 8.56. The molecule has 1 unspecified atom stereocenters. The quantitative estimate of drug-likeness (QED) is 0.673. The highest BCUT2D eigenvalue weighted by molar-refractivity contribution is 5.68. The van der Waals surface area contributed by atoms with E-state index in [1.165, 1.54) is 0 Å². The first kappa shape index (κ1) is 17.2. The van der Waals surface area contributed by atoms with Crippen molar-refractivity contribution < 1.29 is 19.0 Å². The van der Waals surface area contributed by atoms with E-state index in [-0.39, 0.29) is 12.3 Å². The molecule has 0 aromatic heterocycles. The predicted molar refractivity (Wildman–Crippen MR) is 69.5 cm³/mol. The minimum absolute atomic E-state index is 0.0331. The largest absolute Gasteiger partial charge is 0.444 e. The van der Waals surface area contributed by atoms with Crippen LogP contribution in [-0.2, 0) is 14.2 Å². The van der Waals surface area contributed by atoms with Gasteiger partial charge in [0.05, 0.1) is 0 Å². The Hall–Kier alpha value is -0.850. The second-order valence-electron chi connectivity index (χ2n) is 5.11. The summed E-state index contributed by atoms with van der Waals surface area (Å²) in [5, 5.41) is 5.88. The van der Waals surface area contributed by atoms with Crippen LogP contribution in [0, 0.1) is 0 Å². The molecular formula is C12H26N2O4. The second-order valence-corrected chi connectivity index (χ2v) is 5.11. The SMILES string of the molecule is COC(CNCC(C)NC(=O)OC(C)(C)C)OC. The maximum absolute atomic E-state index is 11.5. The number of alkyl carbamates (subject to hydrolysis) is 1. The number of amides is 1. The number of hydrogen-bond acceptors (Lipinski definition) is 5. The molecule has 6 heteroatoms. The van der Waals surface area contributed by atoms with Crippen LogP contribution in [0.4, 0.5) is 4.79 Å². The molecule has 0 aliphatic rings. The van der Waals surface area contributed by atoms with E-state index in [0.29, 0.717) is 13.1 Å². The summed E-state index contributed by atoms with van der Waals surface area (Å²) < 4.78 is 15.2. The number of methoxy groups -OCH3 is 2. The molecular weight excluding hydrogens is 236 g/mol. The summed E-state index contributed by atoms with van der Waals surface area (Å²) in [4.78, 5) is 11.5. The molecule has 0 aromatic carbocycles. The van der Waals surface area contributed by atoms with Crippen LogP contribution in [-0.4, -0.2) is 51.3 Å². The predicted octanol–water partition coefficient (Wildman–Crippen LogP) is 1.11. The molecule has 1 atom stereocenters. The number of ether oxygens (including phenoxy) is 3. The number of nitrogens with one attached hydrogen (secondary N) is 2. The first-order valence-corrected chi connectivity index (χ1v) is 6.04. The van der Waals surface area contributed by atoms with E-state index in [1.54, 1.807) is 14.2 Å². The monoisotopic (exact) mass is 262 g/mol. The highest BCUT2D eigenvalue weighted by atomic mass is 16.7. The van der Waals surface area contributed by atoms with Gasteiger partial charge in [0, 0.05) is 33.4 Å². The molecule has 0 rings (SSSR count). The molecule has 0 radical (unpaired) electrons. The Morgan fingerprint density at radius 2 is 1.72 bits per heavy atom. The van der Waals surface area contributed by atoms with Crippen molar-refractivity contribution in [3.05, 3.63) is 0 Å². The van der Waals surface area contributed by atoms with E-state index in [1.807, 2.05) is 27.7 Å². The first-order valence-electron chi connectivity index (χ1n) is 6.04. The van der Waals surface area contributed by atoms with Gasteiger partial charge in [-0.1, -0.05) is 0 Å². The van der Waals surface area contributed by atoms with Gasteiger partial charge in [0.15, 0.2) is 6.29 Å². The molecule has 0 aliphatic carbocycles. The summed E-state index contributed by atoms with van der Waals surface area (Å²) in [5.41, 5.74) is -0.478. The van der Waals surface area contributed by atoms with Crippen LogP contribution in [0.1, 0.15) is 27.7 Å². The van der Waals surface area contributed by atoms with Crippen molar-refractivity contribution in [3.8, 4) is 0 Å². The summed E-state index contributed by atoms with van der Waals surface area (Å²) in [6, 6.07) is -0.0331. The Labute approximate surface area is 109 Å². The Bertz CT molecular complexity index is 237. The molecule has 0 aromatic rings. The molecule has 0 saturated carbocycles. The van der Waals surface area contributed by atoms with Gasteiger partial charge in [0.25, 0.3) is 0 Å². The summed E-state index contributed by atoms with van der Waals surface area (Å²) in [7, 11) is 3.16. The summed E-state index contributed by atoms with van der Waals surface area (Å²) in [5.74, 6) is 0. The van der Waals surface area contributed by atoms with Gasteiger partial charge in [-0.25, -0.2) is 4.79 Å². The Morgan fingerprint density at radius 1 is 1.17 bits per heavy atom. The van der Waals surface area contributed by atoms with E-state index < -0.39 is 11.7 Å². The molecule has 2 N–H and O–H groups in total. The molecule has 108 valence electrons. The van der Waals surface area contributed by atoms with E-state index in [4.69, 9.17) is 14.2 Å². The summed E-state index contributed by atoms with van der Waals surface area (Å²) in [6.07, 6.45) is -0.689. The zero-order chi connectivity index (χ0) is 14.2. The standard InChI is InChI=1S/C12H26N2O4/c1-9(7-13-8-10(16-5)17-6)14-11(15)18-12(2,3)4/h9-10,13H,7-8H2,1-6H3,(H,14,15). The fraction of sp³-hybridized carbons (Fsp3) is 0.917. The lowest BCUT2D eigenvalue weighted by Crippen LogP contribution is -2.44. The van der Waals surface area contributed by atoms with Crippen molar-refractivity contribution >= 4 is 6.09 Å². The maximum atomic E-state index is 11.5. The molecule has 0 heterocycles. The van der Waals surface area contributed by atoms with Crippen molar-refractivity contribution in [2.24, 2.45) is 0 Å². The van der Waals surface area contributed by atoms with Crippen LogP contribution < -0.4 is 10.6 Å². The summed E-state index contributed by atoms with van der Waals surface area (Å²) >= 11 is 0. The number of hydrogen-bond donors (Lipinski definition) is 2. The van der Waals surface area contributed by atoms with Gasteiger partial charge in [0.2, 0.25) is 0 Å². The van der Waals surface area contributed by atoms with Gasteiger partial charge in [0.1, 0.15) is 5.60 Å². The average molecular weight is 262 g/mol. The van der Waals surface area contributed by atoms with E-state index >= 15 is 0 Å². The lowest BCUT2D eigenvalue weighted by molar-refractivity contribution is -0.0987. The highest BCUT2D eigenvalue weighted by Gasteiger charge is 2.17. The van der Waals surface area contributed by atoms with Gasteiger partial charge in [-0.15, -0.1) is 0 Å². The van der Waals surface area contributed by atoms with Gasteiger partial charge in [-0.3, -0.25) is 0 Å². The highest BCUT2D eigenvalue weighted by Crippen LogP contribution is 2.06. The average Bonchev–Trinajstić information content (AvgIpc) is 2.21. The van der Waals surface area contributed by atoms with Crippen LogP contribution in [0.25, 0.3) is 0 Å². The second kappa shape index (κ2) is 8.29. The lowest BCUT2D eigenvalue weighted by Gasteiger charge is -2.22. The molecule has 0 saturated heterocycles. The Balaban J connectivity index is 3.77. The van der Waals surface area contributed by atoms with Crippen molar-refractivity contribution in [2.45, 2.75) is 45.6 Å². The number of carbonyl (C=O) groups excluding carboxylic acids is 1. The number of rotatable bonds is 7. The first-order chi connectivity index (χ1) is 8.28. The Morgan fingerprint density at radius 3 is 2.17 bits per heavy atom. The Kier molecular flexibility index (Phi) is 7.90. The third-order valence-corrected chi connectivity index (χ3v) is 2.05. The van der Waals surface area contributed by atoms with Crippen molar-refractivity contribution in [3.63, 3.8) is 0 Å². The van der Waals surface area contributed by atoms with Crippen molar-refractivity contribution in [2.75, 3.05) is 27.3 Å². The van der Waals surface area contributed by atoms with Gasteiger partial charge < -0.3 is 24.8 Å². The fourth-order valence-electron chi connectivity index (χ4n) is 1.24. The van der Waals surface area contributed by atoms with Crippen LogP contribution in [0.3, 0.4) is 0 Å². The third-order valence-electron chi connectivity index (χ3n) is 2.05. The van der Waals surface area contributed by atoms with Crippen molar-refractivity contribution in [1.82, 2.24) is 10.6 Å².